The molecule has 0 aromatic carbocycles. The molecule has 0 saturated carbocycles. The van der Waals surface area contributed by atoms with E-state index >= 15 is 0 Å². The van der Waals surface area contributed by atoms with Gasteiger partial charge >= 0.3 is 0 Å². The van der Waals surface area contributed by atoms with Crippen LogP contribution in [0.15, 0.2) is 12.1 Å². The second kappa shape index (κ2) is 4.75. The van der Waals surface area contributed by atoms with E-state index in [1.54, 1.807) is 0 Å². The molecule has 0 radical (unpaired) electrons. The Morgan fingerprint density at radius 1 is 1.35 bits per heavy atom. The lowest BCUT2D eigenvalue weighted by Gasteiger charge is -2.37. The van der Waals surface area contributed by atoms with Crippen molar-refractivity contribution in [2.45, 2.75) is 39.7 Å². The number of hydrogen-bond acceptors (Lipinski definition) is 3. The van der Waals surface area contributed by atoms with Gasteiger partial charge in [-0.25, -0.2) is 4.98 Å². The van der Waals surface area contributed by atoms with Gasteiger partial charge in [-0.3, -0.25) is 0 Å². The normalized spacial score (nSPS) is 24.5. The van der Waals surface area contributed by atoms with E-state index in [9.17, 15) is 0 Å². The topological polar surface area (TPSA) is 39.9 Å². The van der Waals surface area contributed by atoms with Crippen LogP contribution in [0.3, 0.4) is 0 Å². The van der Waals surface area contributed by atoms with Gasteiger partial charge in [-0.2, -0.15) is 5.26 Å². The molecule has 0 spiro atoms. The molecule has 90 valence electrons. The van der Waals surface area contributed by atoms with E-state index in [4.69, 9.17) is 5.26 Å². The third-order valence-electron chi connectivity index (χ3n) is 3.48. The van der Waals surface area contributed by atoms with Gasteiger partial charge in [0.15, 0.2) is 0 Å². The molecule has 3 nitrogen and oxygen atoms in total. The van der Waals surface area contributed by atoms with Gasteiger partial charge in [0.2, 0.25) is 0 Å². The van der Waals surface area contributed by atoms with Gasteiger partial charge in [0.05, 0.1) is 11.6 Å². The van der Waals surface area contributed by atoms with E-state index in [1.807, 2.05) is 19.1 Å². The summed E-state index contributed by atoms with van der Waals surface area (Å²) in [5, 5.41) is 9.01. The maximum Gasteiger partial charge on any atom is 0.130 e. The predicted molar refractivity (Wildman–Crippen MR) is 68.9 cm³/mol. The molecule has 0 bridgehead atoms. The van der Waals surface area contributed by atoms with Gasteiger partial charge < -0.3 is 4.90 Å². The van der Waals surface area contributed by atoms with Gasteiger partial charge in [0, 0.05) is 18.3 Å². The van der Waals surface area contributed by atoms with Crippen molar-refractivity contribution in [2.24, 2.45) is 5.92 Å². The molecule has 0 aliphatic carbocycles. The summed E-state index contributed by atoms with van der Waals surface area (Å²) in [5.74, 6) is 1.67. The summed E-state index contributed by atoms with van der Waals surface area (Å²) in [6, 6.07) is 6.47. The van der Waals surface area contributed by atoms with E-state index in [0.717, 1.165) is 18.1 Å². The zero-order valence-electron chi connectivity index (χ0n) is 10.8. The minimum atomic E-state index is 0.520. The lowest BCUT2D eigenvalue weighted by atomic mass is 9.95. The molecule has 2 heterocycles. The van der Waals surface area contributed by atoms with Crippen LogP contribution in [0.1, 0.15) is 37.9 Å². The molecule has 1 aliphatic rings. The summed E-state index contributed by atoms with van der Waals surface area (Å²) < 4.78 is 0. The molecule has 1 fully saturated rings. The summed E-state index contributed by atoms with van der Waals surface area (Å²) in [7, 11) is 0. The fourth-order valence-corrected chi connectivity index (χ4v) is 2.47. The Morgan fingerprint density at radius 3 is 2.82 bits per heavy atom. The number of nitriles is 1. The Bertz CT molecular complexity index is 447. The van der Waals surface area contributed by atoms with Crippen LogP contribution >= 0.6 is 0 Å². The van der Waals surface area contributed by atoms with Crippen LogP contribution < -0.4 is 4.90 Å². The molecule has 1 aliphatic heterocycles. The maximum atomic E-state index is 9.01. The third-order valence-corrected chi connectivity index (χ3v) is 3.48. The van der Waals surface area contributed by atoms with Crippen molar-refractivity contribution in [1.82, 2.24) is 4.98 Å². The highest BCUT2D eigenvalue weighted by molar-refractivity contribution is 5.47. The molecule has 0 N–H and O–H groups in total. The minimum Gasteiger partial charge on any atom is -0.354 e. The highest BCUT2D eigenvalue weighted by Gasteiger charge is 2.24. The van der Waals surface area contributed by atoms with Crippen molar-refractivity contribution in [1.29, 1.82) is 5.26 Å². The van der Waals surface area contributed by atoms with Gasteiger partial charge in [0.25, 0.3) is 0 Å². The standard InChI is InChI=1S/C14H19N3/c1-10-4-5-12(3)17(9-10)14-7-13(8-15)6-11(2)16-14/h6-7,10,12H,4-5,9H2,1-3H3. The number of anilines is 1. The van der Waals surface area contributed by atoms with E-state index in [0.29, 0.717) is 17.5 Å². The maximum absolute atomic E-state index is 9.01. The first-order chi connectivity index (χ1) is 8.10. The molecule has 2 unspecified atom stereocenters. The summed E-state index contributed by atoms with van der Waals surface area (Å²) >= 11 is 0. The Labute approximate surface area is 103 Å². The highest BCUT2D eigenvalue weighted by Crippen LogP contribution is 2.26. The molecule has 3 heteroatoms. The van der Waals surface area contributed by atoms with Crippen molar-refractivity contribution in [3.05, 3.63) is 23.4 Å². The largest absolute Gasteiger partial charge is 0.354 e. The van der Waals surface area contributed by atoms with Crippen LogP contribution in [0.25, 0.3) is 0 Å². The highest BCUT2D eigenvalue weighted by atomic mass is 15.2. The van der Waals surface area contributed by atoms with E-state index < -0.39 is 0 Å². The van der Waals surface area contributed by atoms with Gasteiger partial charge in [-0.05, 0) is 44.7 Å². The van der Waals surface area contributed by atoms with Crippen LogP contribution in [0.5, 0.6) is 0 Å². The Morgan fingerprint density at radius 2 is 2.12 bits per heavy atom. The molecule has 1 aromatic heterocycles. The predicted octanol–water partition coefficient (Wildman–Crippen LogP) is 2.89. The molecule has 17 heavy (non-hydrogen) atoms. The first-order valence-electron chi connectivity index (χ1n) is 6.25. The third kappa shape index (κ3) is 2.58. The van der Waals surface area contributed by atoms with Crippen molar-refractivity contribution in [2.75, 3.05) is 11.4 Å². The van der Waals surface area contributed by atoms with Crippen molar-refractivity contribution >= 4 is 5.82 Å². The van der Waals surface area contributed by atoms with Crippen LogP contribution in [-0.4, -0.2) is 17.6 Å². The second-order valence-corrected chi connectivity index (χ2v) is 5.15. The molecule has 1 aromatic rings. The van der Waals surface area contributed by atoms with Gasteiger partial charge in [-0.15, -0.1) is 0 Å². The monoisotopic (exact) mass is 229 g/mol. The zero-order chi connectivity index (χ0) is 12.4. The van der Waals surface area contributed by atoms with Crippen molar-refractivity contribution in [3.8, 4) is 6.07 Å². The summed E-state index contributed by atoms with van der Waals surface area (Å²) in [4.78, 5) is 6.90. The fourth-order valence-electron chi connectivity index (χ4n) is 2.47. The van der Waals surface area contributed by atoms with E-state index in [-0.39, 0.29) is 0 Å². The van der Waals surface area contributed by atoms with Crippen LogP contribution in [0.2, 0.25) is 0 Å². The number of hydrogen-bond donors (Lipinski definition) is 0. The number of rotatable bonds is 1. The SMILES string of the molecule is Cc1cc(C#N)cc(N2CC(C)CCC2C)n1. The Kier molecular flexibility index (Phi) is 3.33. The fraction of sp³-hybridized carbons (Fsp3) is 0.571. The number of aromatic nitrogens is 1. The molecule has 0 amide bonds. The minimum absolute atomic E-state index is 0.520. The summed E-state index contributed by atoms with van der Waals surface area (Å²) in [6.07, 6.45) is 2.49. The van der Waals surface area contributed by atoms with Gasteiger partial charge in [0.1, 0.15) is 5.82 Å². The lowest BCUT2D eigenvalue weighted by Crippen LogP contribution is -2.41. The molecule has 2 rings (SSSR count). The smallest absolute Gasteiger partial charge is 0.130 e. The number of pyridine rings is 1. The van der Waals surface area contributed by atoms with Crippen LogP contribution in [-0.2, 0) is 0 Å². The first kappa shape index (κ1) is 11.9. The van der Waals surface area contributed by atoms with Crippen molar-refractivity contribution in [3.63, 3.8) is 0 Å². The Balaban J connectivity index is 2.32. The van der Waals surface area contributed by atoms with Crippen LogP contribution in [0.4, 0.5) is 5.82 Å². The quantitative estimate of drug-likeness (QED) is 0.743. The lowest BCUT2D eigenvalue weighted by molar-refractivity contribution is 0.388. The average Bonchev–Trinajstić information content (AvgIpc) is 2.31. The molecule has 2 atom stereocenters. The van der Waals surface area contributed by atoms with E-state index in [2.05, 4.69) is 29.8 Å². The molecule has 1 saturated heterocycles. The Hall–Kier alpha value is -1.56. The van der Waals surface area contributed by atoms with Crippen LogP contribution in [0, 0.1) is 24.2 Å². The zero-order valence-corrected chi connectivity index (χ0v) is 10.8. The first-order valence-corrected chi connectivity index (χ1v) is 6.25. The number of piperidine rings is 1. The van der Waals surface area contributed by atoms with Gasteiger partial charge in [-0.1, -0.05) is 6.92 Å². The second-order valence-electron chi connectivity index (χ2n) is 5.15. The number of aryl methyl sites for hydroxylation is 1. The number of nitrogens with zero attached hydrogens (tertiary/aromatic N) is 3. The van der Waals surface area contributed by atoms with E-state index in [1.165, 1.54) is 12.8 Å². The summed E-state index contributed by atoms with van der Waals surface area (Å²) in [6.45, 7) is 7.51. The summed E-state index contributed by atoms with van der Waals surface area (Å²) in [5.41, 5.74) is 1.63. The van der Waals surface area contributed by atoms with Crippen molar-refractivity contribution < 1.29 is 0 Å². The molecular weight excluding hydrogens is 210 g/mol. The average molecular weight is 229 g/mol. The molecular formula is C14H19N3.